The molecule has 1 amide bonds. The molecule has 25 heavy (non-hydrogen) atoms. The number of sulfone groups is 1. The summed E-state index contributed by atoms with van der Waals surface area (Å²) in [5.74, 6) is -0.0360. The van der Waals surface area contributed by atoms with Crippen molar-refractivity contribution in [3.05, 3.63) is 54.1 Å². The van der Waals surface area contributed by atoms with Crippen molar-refractivity contribution in [2.45, 2.75) is 14.7 Å². The molecule has 0 heterocycles. The lowest BCUT2D eigenvalue weighted by atomic mass is 10.2. The Hall–Kier alpha value is -1.83. The number of nitrogens with zero attached hydrogens (tertiary/aromatic N) is 1. The van der Waals surface area contributed by atoms with Crippen LogP contribution in [0.3, 0.4) is 0 Å². The second-order valence-electron chi connectivity index (χ2n) is 5.67. The quantitative estimate of drug-likeness (QED) is 0.802. The fourth-order valence-corrected chi connectivity index (χ4v) is 3.77. The molecule has 2 aromatic rings. The third-order valence-electron chi connectivity index (χ3n) is 3.64. The van der Waals surface area contributed by atoms with Gasteiger partial charge < -0.3 is 10.2 Å². The van der Waals surface area contributed by atoms with Gasteiger partial charge in [-0.3, -0.25) is 4.79 Å². The third-order valence-corrected chi connectivity index (χ3v) is 5.85. The third kappa shape index (κ3) is 5.32. The number of hydrogen-bond donors (Lipinski definition) is 1. The lowest BCUT2D eigenvalue weighted by Crippen LogP contribution is -2.33. The Balaban J connectivity index is 2.22. The van der Waals surface area contributed by atoms with Crippen molar-refractivity contribution in [1.82, 2.24) is 10.2 Å². The number of likely N-dealkylation sites (N-methyl/N-ethyl adjacent to an activating group) is 2. The monoisotopic (exact) mass is 378 g/mol. The Morgan fingerprint density at radius 1 is 1.12 bits per heavy atom. The Kier molecular flexibility index (Phi) is 6.64. The minimum Gasteiger partial charge on any atom is -0.340 e. The first-order valence-electron chi connectivity index (χ1n) is 7.80. The predicted octanol–water partition coefficient (Wildman–Crippen LogP) is 2.53. The summed E-state index contributed by atoms with van der Waals surface area (Å²) in [6.07, 6.45) is 1.18. The van der Waals surface area contributed by atoms with Gasteiger partial charge in [-0.05, 0) is 43.4 Å². The van der Waals surface area contributed by atoms with E-state index in [9.17, 15) is 13.2 Å². The first-order valence-corrected chi connectivity index (χ1v) is 10.5. The molecule has 0 aromatic heterocycles. The van der Waals surface area contributed by atoms with Gasteiger partial charge in [-0.25, -0.2) is 8.42 Å². The highest BCUT2D eigenvalue weighted by Gasteiger charge is 2.16. The van der Waals surface area contributed by atoms with Crippen molar-refractivity contribution in [2.75, 3.05) is 33.4 Å². The van der Waals surface area contributed by atoms with E-state index in [1.165, 1.54) is 18.0 Å². The minimum atomic E-state index is -3.21. The van der Waals surface area contributed by atoms with Gasteiger partial charge in [0.05, 0.1) is 10.5 Å². The average molecular weight is 379 g/mol. The van der Waals surface area contributed by atoms with Crippen molar-refractivity contribution in [3.63, 3.8) is 0 Å². The van der Waals surface area contributed by atoms with Crippen LogP contribution in [0.4, 0.5) is 0 Å². The van der Waals surface area contributed by atoms with Crippen molar-refractivity contribution in [2.24, 2.45) is 0 Å². The maximum atomic E-state index is 12.7. The molecule has 0 spiro atoms. The predicted molar refractivity (Wildman–Crippen MR) is 101 cm³/mol. The molecule has 0 bridgehead atoms. The van der Waals surface area contributed by atoms with Crippen LogP contribution >= 0.6 is 11.8 Å². The number of benzene rings is 2. The summed E-state index contributed by atoms with van der Waals surface area (Å²) in [5, 5.41) is 3.03. The van der Waals surface area contributed by atoms with Crippen LogP contribution in [-0.4, -0.2) is 52.7 Å². The largest absolute Gasteiger partial charge is 0.340 e. The standard InChI is InChI=1S/C18H22N2O3S2/c1-19-12-13-20(2)18(21)16-6-4-5-7-17(16)24-14-8-10-15(11-9-14)25(3,22)23/h4-11,19H,12-13H2,1-3H3. The number of carbonyl (C=O) groups is 1. The zero-order valence-electron chi connectivity index (χ0n) is 14.5. The molecule has 0 fully saturated rings. The normalized spacial score (nSPS) is 11.3. The Morgan fingerprint density at radius 2 is 1.76 bits per heavy atom. The number of amides is 1. The number of nitrogens with one attached hydrogen (secondary N) is 1. The van der Waals surface area contributed by atoms with E-state index in [1.54, 1.807) is 36.2 Å². The molecule has 0 saturated carbocycles. The molecule has 7 heteroatoms. The molecule has 2 rings (SSSR count). The van der Waals surface area contributed by atoms with Gasteiger partial charge >= 0.3 is 0 Å². The highest BCUT2D eigenvalue weighted by atomic mass is 32.2. The molecule has 5 nitrogen and oxygen atoms in total. The Bertz CT molecular complexity index is 834. The molecule has 0 aliphatic carbocycles. The molecule has 0 aliphatic rings. The number of carbonyl (C=O) groups excluding carboxylic acids is 1. The van der Waals surface area contributed by atoms with Crippen molar-refractivity contribution in [3.8, 4) is 0 Å². The fourth-order valence-electron chi connectivity index (χ4n) is 2.20. The van der Waals surface area contributed by atoms with Crippen LogP contribution in [0.15, 0.2) is 63.2 Å². The second kappa shape index (κ2) is 8.51. The number of rotatable bonds is 7. The van der Waals surface area contributed by atoms with Crippen molar-refractivity contribution < 1.29 is 13.2 Å². The fraction of sp³-hybridized carbons (Fsp3) is 0.278. The van der Waals surface area contributed by atoms with E-state index >= 15 is 0 Å². The zero-order chi connectivity index (χ0) is 18.4. The van der Waals surface area contributed by atoms with E-state index in [1.807, 2.05) is 31.3 Å². The molecule has 1 N–H and O–H groups in total. The first-order chi connectivity index (χ1) is 11.8. The highest BCUT2D eigenvalue weighted by molar-refractivity contribution is 7.99. The van der Waals surface area contributed by atoms with Crippen LogP contribution in [-0.2, 0) is 9.84 Å². The lowest BCUT2D eigenvalue weighted by Gasteiger charge is -2.18. The van der Waals surface area contributed by atoms with Gasteiger partial charge in [0.1, 0.15) is 0 Å². The zero-order valence-corrected chi connectivity index (χ0v) is 16.2. The molecule has 0 aliphatic heterocycles. The van der Waals surface area contributed by atoms with Crippen LogP contribution in [0.5, 0.6) is 0 Å². The molecular formula is C18H22N2O3S2. The van der Waals surface area contributed by atoms with Gasteiger partial charge in [0.2, 0.25) is 0 Å². The molecule has 0 unspecified atom stereocenters. The second-order valence-corrected chi connectivity index (χ2v) is 8.80. The minimum absolute atomic E-state index is 0.0360. The topological polar surface area (TPSA) is 66.5 Å². The van der Waals surface area contributed by atoms with E-state index in [0.29, 0.717) is 12.1 Å². The number of hydrogen-bond acceptors (Lipinski definition) is 5. The van der Waals surface area contributed by atoms with Crippen LogP contribution in [0, 0.1) is 0 Å². The van der Waals surface area contributed by atoms with E-state index in [0.717, 1.165) is 16.3 Å². The SMILES string of the molecule is CNCCN(C)C(=O)c1ccccc1Sc1ccc(S(C)(=O)=O)cc1. The van der Waals surface area contributed by atoms with E-state index in [2.05, 4.69) is 5.32 Å². The van der Waals surface area contributed by atoms with Gasteiger partial charge in [0.25, 0.3) is 5.91 Å². The lowest BCUT2D eigenvalue weighted by molar-refractivity contribution is 0.0793. The van der Waals surface area contributed by atoms with Crippen LogP contribution < -0.4 is 5.32 Å². The van der Waals surface area contributed by atoms with Crippen LogP contribution in [0.25, 0.3) is 0 Å². The first kappa shape index (κ1) is 19.5. The molecule has 0 atom stereocenters. The Labute approximate surface area is 153 Å². The summed E-state index contributed by atoms with van der Waals surface area (Å²) >= 11 is 1.45. The summed E-state index contributed by atoms with van der Waals surface area (Å²) in [6, 6.07) is 14.1. The van der Waals surface area contributed by atoms with E-state index in [4.69, 9.17) is 0 Å². The van der Waals surface area contributed by atoms with Gasteiger partial charge in [-0.1, -0.05) is 23.9 Å². The van der Waals surface area contributed by atoms with Crippen LogP contribution in [0.2, 0.25) is 0 Å². The van der Waals surface area contributed by atoms with Crippen LogP contribution in [0.1, 0.15) is 10.4 Å². The smallest absolute Gasteiger partial charge is 0.254 e. The summed E-state index contributed by atoms with van der Waals surface area (Å²) in [7, 11) is 0.419. The summed E-state index contributed by atoms with van der Waals surface area (Å²) in [5.41, 5.74) is 0.637. The average Bonchev–Trinajstić information content (AvgIpc) is 2.59. The van der Waals surface area contributed by atoms with Gasteiger partial charge in [-0.2, -0.15) is 0 Å². The van der Waals surface area contributed by atoms with Gasteiger partial charge in [-0.15, -0.1) is 0 Å². The van der Waals surface area contributed by atoms with Gasteiger partial charge in [0.15, 0.2) is 9.84 Å². The maximum absolute atomic E-state index is 12.7. The Morgan fingerprint density at radius 3 is 2.36 bits per heavy atom. The molecule has 134 valence electrons. The van der Waals surface area contributed by atoms with Gasteiger partial charge in [0, 0.05) is 36.2 Å². The van der Waals surface area contributed by atoms with Crippen molar-refractivity contribution >= 4 is 27.5 Å². The maximum Gasteiger partial charge on any atom is 0.254 e. The highest BCUT2D eigenvalue weighted by Crippen LogP contribution is 2.31. The molecule has 0 radical (unpaired) electrons. The summed E-state index contributed by atoms with van der Waals surface area (Å²) in [4.78, 5) is 16.3. The van der Waals surface area contributed by atoms with E-state index < -0.39 is 9.84 Å². The summed E-state index contributed by atoms with van der Waals surface area (Å²) < 4.78 is 23.1. The molecule has 0 saturated heterocycles. The van der Waals surface area contributed by atoms with Crippen molar-refractivity contribution in [1.29, 1.82) is 0 Å². The van der Waals surface area contributed by atoms with E-state index in [-0.39, 0.29) is 10.8 Å². The molecular weight excluding hydrogens is 356 g/mol. The summed E-state index contributed by atoms with van der Waals surface area (Å²) in [6.45, 7) is 1.35. The molecule has 2 aromatic carbocycles.